The number of pyridine rings is 1. The summed E-state index contributed by atoms with van der Waals surface area (Å²) < 4.78 is 0. The van der Waals surface area contributed by atoms with E-state index < -0.39 is 16.5 Å². The molecule has 0 saturated carbocycles. The van der Waals surface area contributed by atoms with E-state index in [2.05, 4.69) is 22.5 Å². The first-order valence-corrected chi connectivity index (χ1v) is 6.69. The average molecular weight is 296 g/mol. The zero-order chi connectivity index (χ0) is 14.5. The summed E-state index contributed by atoms with van der Waals surface area (Å²) in [5, 5.41) is 13.4. The Morgan fingerprint density at radius 1 is 1.55 bits per heavy atom. The SMILES string of the molecule is O=C(NCC1CC=CCC1)c1ccnc(Cl)c1[N+](=O)[O-]. The molecule has 1 aromatic heterocycles. The van der Waals surface area contributed by atoms with E-state index in [9.17, 15) is 14.9 Å². The quantitative estimate of drug-likeness (QED) is 0.400. The van der Waals surface area contributed by atoms with Crippen LogP contribution in [-0.4, -0.2) is 22.4 Å². The minimum Gasteiger partial charge on any atom is -0.352 e. The number of hydrogen-bond donors (Lipinski definition) is 1. The number of nitro groups is 1. The van der Waals surface area contributed by atoms with Crippen LogP contribution in [0.15, 0.2) is 24.4 Å². The molecule has 6 nitrogen and oxygen atoms in total. The fraction of sp³-hybridized carbons (Fsp3) is 0.385. The van der Waals surface area contributed by atoms with Crippen LogP contribution >= 0.6 is 11.6 Å². The summed E-state index contributed by atoms with van der Waals surface area (Å²) in [6.45, 7) is 0.500. The van der Waals surface area contributed by atoms with E-state index in [1.165, 1.54) is 12.3 Å². The second-order valence-corrected chi connectivity index (χ2v) is 4.97. The van der Waals surface area contributed by atoms with E-state index in [0.717, 1.165) is 19.3 Å². The third-order valence-corrected chi connectivity index (χ3v) is 3.51. The molecular weight excluding hydrogens is 282 g/mol. The van der Waals surface area contributed by atoms with E-state index in [1.54, 1.807) is 0 Å². The third kappa shape index (κ3) is 3.33. The molecule has 106 valence electrons. The molecule has 1 heterocycles. The maximum atomic E-state index is 12.0. The Labute approximate surface area is 121 Å². The minimum atomic E-state index is -0.687. The third-order valence-electron chi connectivity index (χ3n) is 3.24. The van der Waals surface area contributed by atoms with Crippen molar-refractivity contribution in [3.8, 4) is 0 Å². The van der Waals surface area contributed by atoms with Gasteiger partial charge in [0.05, 0.1) is 4.92 Å². The van der Waals surface area contributed by atoms with E-state index >= 15 is 0 Å². The molecule has 1 aromatic rings. The van der Waals surface area contributed by atoms with Crippen molar-refractivity contribution in [3.63, 3.8) is 0 Å². The van der Waals surface area contributed by atoms with Crippen LogP contribution in [0.5, 0.6) is 0 Å². The molecule has 0 radical (unpaired) electrons. The number of hydrogen-bond acceptors (Lipinski definition) is 4. The van der Waals surface area contributed by atoms with Gasteiger partial charge in [-0.1, -0.05) is 23.8 Å². The van der Waals surface area contributed by atoms with Crippen LogP contribution in [-0.2, 0) is 0 Å². The van der Waals surface area contributed by atoms with Crippen LogP contribution < -0.4 is 5.32 Å². The van der Waals surface area contributed by atoms with Crippen LogP contribution in [0.2, 0.25) is 5.15 Å². The number of nitrogens with one attached hydrogen (secondary N) is 1. The van der Waals surface area contributed by atoms with Gasteiger partial charge in [-0.05, 0) is 31.2 Å². The molecule has 1 amide bonds. The zero-order valence-corrected chi connectivity index (χ0v) is 11.5. The molecule has 20 heavy (non-hydrogen) atoms. The van der Waals surface area contributed by atoms with Crippen LogP contribution in [0.25, 0.3) is 0 Å². The fourth-order valence-electron chi connectivity index (χ4n) is 2.16. The van der Waals surface area contributed by atoms with Gasteiger partial charge in [-0.2, -0.15) is 0 Å². The van der Waals surface area contributed by atoms with E-state index in [-0.39, 0.29) is 10.7 Å². The number of nitrogens with zero attached hydrogens (tertiary/aromatic N) is 2. The van der Waals surface area contributed by atoms with E-state index in [1.807, 2.05) is 0 Å². The molecule has 1 N–H and O–H groups in total. The smallest absolute Gasteiger partial charge is 0.319 e. The van der Waals surface area contributed by atoms with Gasteiger partial charge in [0.1, 0.15) is 5.56 Å². The normalized spacial score (nSPS) is 17.8. The summed E-state index contributed by atoms with van der Waals surface area (Å²) >= 11 is 5.68. The molecule has 0 bridgehead atoms. The van der Waals surface area contributed by atoms with Crippen LogP contribution in [0.4, 0.5) is 5.69 Å². The van der Waals surface area contributed by atoms with Gasteiger partial charge in [0, 0.05) is 12.7 Å². The standard InChI is InChI=1S/C13H14ClN3O3/c14-12-11(17(19)20)10(6-7-15-12)13(18)16-8-9-4-2-1-3-5-9/h1-2,6-7,9H,3-5,8H2,(H,16,18). The summed E-state index contributed by atoms with van der Waals surface area (Å²) in [5.74, 6) is -0.115. The summed E-state index contributed by atoms with van der Waals surface area (Å²) in [6, 6.07) is 1.31. The lowest BCUT2D eigenvalue weighted by molar-refractivity contribution is -0.385. The van der Waals surface area contributed by atoms with Crippen molar-refractivity contribution in [1.82, 2.24) is 10.3 Å². The van der Waals surface area contributed by atoms with Crippen molar-refractivity contribution < 1.29 is 9.72 Å². The van der Waals surface area contributed by atoms with Crippen molar-refractivity contribution in [2.75, 3.05) is 6.54 Å². The van der Waals surface area contributed by atoms with Crippen molar-refractivity contribution in [2.24, 2.45) is 5.92 Å². The highest BCUT2D eigenvalue weighted by Crippen LogP contribution is 2.26. The Morgan fingerprint density at radius 2 is 2.35 bits per heavy atom. The van der Waals surface area contributed by atoms with Gasteiger partial charge in [-0.25, -0.2) is 4.98 Å². The molecule has 1 aliphatic carbocycles. The largest absolute Gasteiger partial charge is 0.352 e. The van der Waals surface area contributed by atoms with Crippen LogP contribution in [0.3, 0.4) is 0 Å². The van der Waals surface area contributed by atoms with E-state index in [0.29, 0.717) is 12.5 Å². The number of halogens is 1. The summed E-state index contributed by atoms with van der Waals surface area (Å²) in [6.07, 6.45) is 8.42. The van der Waals surface area contributed by atoms with Gasteiger partial charge in [-0.15, -0.1) is 0 Å². The van der Waals surface area contributed by atoms with Crippen LogP contribution in [0, 0.1) is 16.0 Å². The minimum absolute atomic E-state index is 0.0543. The van der Waals surface area contributed by atoms with Gasteiger partial charge in [-0.3, -0.25) is 14.9 Å². The topological polar surface area (TPSA) is 85.1 Å². The Morgan fingerprint density at radius 3 is 3.00 bits per heavy atom. The van der Waals surface area contributed by atoms with Gasteiger partial charge < -0.3 is 5.32 Å². The summed E-state index contributed by atoms with van der Waals surface area (Å²) in [5.41, 5.74) is -0.503. The molecule has 7 heteroatoms. The van der Waals surface area contributed by atoms with Gasteiger partial charge >= 0.3 is 5.69 Å². The van der Waals surface area contributed by atoms with Gasteiger partial charge in [0.15, 0.2) is 0 Å². The van der Waals surface area contributed by atoms with Gasteiger partial charge in [0.25, 0.3) is 5.91 Å². The Balaban J connectivity index is 2.07. The zero-order valence-electron chi connectivity index (χ0n) is 10.7. The first kappa shape index (κ1) is 14.5. The molecule has 0 aromatic carbocycles. The predicted octanol–water partition coefficient (Wildman–Crippen LogP) is 2.73. The number of aromatic nitrogens is 1. The predicted molar refractivity (Wildman–Crippen MR) is 74.7 cm³/mol. The molecule has 0 fully saturated rings. The maximum Gasteiger partial charge on any atom is 0.319 e. The maximum absolute atomic E-state index is 12.0. The van der Waals surface area contributed by atoms with Crippen molar-refractivity contribution >= 4 is 23.2 Å². The number of carbonyl (C=O) groups is 1. The molecule has 1 unspecified atom stereocenters. The summed E-state index contributed by atoms with van der Waals surface area (Å²) in [7, 11) is 0. The Bertz CT molecular complexity index is 560. The lowest BCUT2D eigenvalue weighted by Crippen LogP contribution is -2.30. The molecule has 1 atom stereocenters. The molecular formula is C13H14ClN3O3. The van der Waals surface area contributed by atoms with Crippen molar-refractivity contribution in [2.45, 2.75) is 19.3 Å². The highest BCUT2D eigenvalue weighted by atomic mass is 35.5. The lowest BCUT2D eigenvalue weighted by Gasteiger charge is -2.18. The Kier molecular flexibility index (Phi) is 4.68. The second kappa shape index (κ2) is 6.47. The highest BCUT2D eigenvalue weighted by molar-refractivity contribution is 6.32. The Hall–Kier alpha value is -1.95. The van der Waals surface area contributed by atoms with Crippen molar-refractivity contribution in [1.29, 1.82) is 0 Å². The molecule has 0 saturated heterocycles. The van der Waals surface area contributed by atoms with Crippen molar-refractivity contribution in [3.05, 3.63) is 45.2 Å². The number of amides is 1. The van der Waals surface area contributed by atoms with Gasteiger partial charge in [0.2, 0.25) is 5.15 Å². The number of allylic oxidation sites excluding steroid dienone is 2. The number of carbonyl (C=O) groups excluding carboxylic acids is 1. The first-order valence-electron chi connectivity index (χ1n) is 6.31. The molecule has 2 rings (SSSR count). The molecule has 0 spiro atoms. The first-order chi connectivity index (χ1) is 9.59. The molecule has 0 aliphatic heterocycles. The second-order valence-electron chi connectivity index (χ2n) is 4.62. The highest BCUT2D eigenvalue weighted by Gasteiger charge is 2.25. The molecule has 1 aliphatic rings. The summed E-state index contributed by atoms with van der Waals surface area (Å²) in [4.78, 5) is 25.9. The lowest BCUT2D eigenvalue weighted by atomic mass is 9.94. The fourth-order valence-corrected chi connectivity index (χ4v) is 2.39. The number of rotatable bonds is 4. The van der Waals surface area contributed by atoms with Crippen LogP contribution in [0.1, 0.15) is 29.6 Å². The van der Waals surface area contributed by atoms with E-state index in [4.69, 9.17) is 11.6 Å². The average Bonchev–Trinajstić information content (AvgIpc) is 2.45. The monoisotopic (exact) mass is 295 g/mol.